The Labute approximate surface area is 115 Å². The summed E-state index contributed by atoms with van der Waals surface area (Å²) < 4.78 is 0. The van der Waals surface area contributed by atoms with E-state index in [0.29, 0.717) is 18.9 Å². The lowest BCUT2D eigenvalue weighted by Crippen LogP contribution is -2.42. The Balaban J connectivity index is 2.18. The molecule has 2 amide bonds. The van der Waals surface area contributed by atoms with E-state index in [0.717, 1.165) is 5.92 Å². The summed E-state index contributed by atoms with van der Waals surface area (Å²) >= 11 is 0. The second-order valence-corrected chi connectivity index (χ2v) is 5.67. The quantitative estimate of drug-likeness (QED) is 0.692. The Morgan fingerprint density at radius 2 is 2.05 bits per heavy atom. The number of aliphatic carboxylic acids is 1. The molecular weight excluding hydrogens is 244 g/mol. The van der Waals surface area contributed by atoms with Crippen molar-refractivity contribution in [2.24, 2.45) is 17.8 Å². The molecule has 5 nitrogen and oxygen atoms in total. The Kier molecular flexibility index (Phi) is 6.67. The molecule has 0 bridgehead atoms. The first kappa shape index (κ1) is 15.8. The van der Waals surface area contributed by atoms with Gasteiger partial charge in [0, 0.05) is 13.1 Å². The molecule has 0 aliphatic heterocycles. The molecule has 0 aromatic carbocycles. The van der Waals surface area contributed by atoms with Crippen LogP contribution in [0.25, 0.3) is 0 Å². The number of hydrogen-bond acceptors (Lipinski definition) is 2. The zero-order valence-corrected chi connectivity index (χ0v) is 11.9. The first-order chi connectivity index (χ1) is 9.02. The Morgan fingerprint density at radius 1 is 1.32 bits per heavy atom. The Hall–Kier alpha value is -1.26. The van der Waals surface area contributed by atoms with Gasteiger partial charge in [-0.1, -0.05) is 26.7 Å². The summed E-state index contributed by atoms with van der Waals surface area (Å²) in [7, 11) is 0. The van der Waals surface area contributed by atoms with Crippen LogP contribution in [0.3, 0.4) is 0 Å². The summed E-state index contributed by atoms with van der Waals surface area (Å²) in [5.74, 6) is -0.0413. The monoisotopic (exact) mass is 270 g/mol. The maximum Gasteiger partial charge on any atom is 0.314 e. The molecule has 3 N–H and O–H groups in total. The number of hydrogen-bond donors (Lipinski definition) is 3. The number of nitrogens with one attached hydrogen (secondary N) is 2. The third-order valence-corrected chi connectivity index (χ3v) is 3.95. The smallest absolute Gasteiger partial charge is 0.314 e. The lowest BCUT2D eigenvalue weighted by Gasteiger charge is -2.26. The molecule has 1 aliphatic rings. The third-order valence-electron chi connectivity index (χ3n) is 3.95. The first-order valence-corrected chi connectivity index (χ1v) is 7.27. The van der Waals surface area contributed by atoms with Gasteiger partial charge in [0.2, 0.25) is 0 Å². The molecule has 3 atom stereocenters. The van der Waals surface area contributed by atoms with Crippen molar-refractivity contribution in [2.45, 2.75) is 46.0 Å². The Bertz CT molecular complexity index is 307. The van der Waals surface area contributed by atoms with E-state index >= 15 is 0 Å². The normalized spacial score (nSPS) is 24.5. The van der Waals surface area contributed by atoms with E-state index in [1.807, 2.05) is 6.92 Å². The number of carbonyl (C=O) groups is 2. The number of urea groups is 1. The maximum absolute atomic E-state index is 11.6. The van der Waals surface area contributed by atoms with Gasteiger partial charge in [-0.25, -0.2) is 4.79 Å². The molecule has 0 aromatic rings. The molecule has 0 spiro atoms. The number of rotatable bonds is 6. The highest BCUT2D eigenvalue weighted by molar-refractivity contribution is 5.75. The minimum atomic E-state index is -0.857. The fourth-order valence-electron chi connectivity index (χ4n) is 2.67. The molecular formula is C14H26N2O3. The van der Waals surface area contributed by atoms with Crippen LogP contribution < -0.4 is 10.6 Å². The number of carbonyl (C=O) groups excluding carboxylic acids is 1. The summed E-state index contributed by atoms with van der Waals surface area (Å²) in [5.41, 5.74) is 0. The first-order valence-electron chi connectivity index (χ1n) is 7.27. The van der Waals surface area contributed by atoms with Crippen LogP contribution in [0.5, 0.6) is 0 Å². The van der Waals surface area contributed by atoms with Crippen LogP contribution in [-0.2, 0) is 4.79 Å². The van der Waals surface area contributed by atoms with Crippen molar-refractivity contribution >= 4 is 12.0 Å². The van der Waals surface area contributed by atoms with Crippen molar-refractivity contribution < 1.29 is 14.7 Å². The van der Waals surface area contributed by atoms with E-state index in [-0.39, 0.29) is 12.6 Å². The maximum atomic E-state index is 11.6. The van der Waals surface area contributed by atoms with Crippen LogP contribution in [0.2, 0.25) is 0 Å². The van der Waals surface area contributed by atoms with E-state index < -0.39 is 11.9 Å². The van der Waals surface area contributed by atoms with Gasteiger partial charge in [-0.2, -0.15) is 0 Å². The lowest BCUT2D eigenvalue weighted by molar-refractivity contribution is -0.141. The molecule has 1 saturated carbocycles. The molecule has 1 aliphatic carbocycles. The predicted molar refractivity (Wildman–Crippen MR) is 73.9 cm³/mol. The van der Waals surface area contributed by atoms with Gasteiger partial charge in [0.25, 0.3) is 0 Å². The number of carboxylic acids is 1. The van der Waals surface area contributed by atoms with Crippen LogP contribution in [0, 0.1) is 17.8 Å². The Morgan fingerprint density at radius 3 is 2.63 bits per heavy atom. The molecule has 1 fully saturated rings. The van der Waals surface area contributed by atoms with Crippen LogP contribution in [0.1, 0.15) is 46.0 Å². The lowest BCUT2D eigenvalue weighted by atomic mass is 9.82. The van der Waals surface area contributed by atoms with E-state index in [2.05, 4.69) is 17.6 Å². The van der Waals surface area contributed by atoms with E-state index in [1.165, 1.54) is 25.7 Å². The molecule has 0 heterocycles. The molecule has 0 aromatic heterocycles. The molecule has 110 valence electrons. The van der Waals surface area contributed by atoms with Gasteiger partial charge < -0.3 is 15.7 Å². The highest BCUT2D eigenvalue weighted by atomic mass is 16.4. The van der Waals surface area contributed by atoms with Crippen LogP contribution >= 0.6 is 0 Å². The molecule has 1 rings (SSSR count). The molecule has 19 heavy (non-hydrogen) atoms. The second kappa shape index (κ2) is 8.02. The second-order valence-electron chi connectivity index (χ2n) is 5.67. The molecule has 0 radical (unpaired) electrons. The van der Waals surface area contributed by atoms with Crippen molar-refractivity contribution in [1.29, 1.82) is 0 Å². The fraction of sp³-hybridized carbons (Fsp3) is 0.857. The average molecular weight is 270 g/mol. The minimum absolute atomic E-state index is 0.193. The fourth-order valence-corrected chi connectivity index (χ4v) is 2.67. The third kappa shape index (κ3) is 5.94. The summed E-state index contributed by atoms with van der Waals surface area (Å²) in [6.07, 6.45) is 5.41. The highest BCUT2D eigenvalue weighted by Crippen LogP contribution is 2.27. The van der Waals surface area contributed by atoms with Crippen LogP contribution in [0.15, 0.2) is 0 Å². The largest absolute Gasteiger partial charge is 0.481 e. The van der Waals surface area contributed by atoms with E-state index in [9.17, 15) is 9.59 Å². The zero-order chi connectivity index (χ0) is 14.3. The highest BCUT2D eigenvalue weighted by Gasteiger charge is 2.20. The summed E-state index contributed by atoms with van der Waals surface area (Å²) in [5, 5.41) is 14.4. The molecule has 5 heteroatoms. The summed E-state index contributed by atoms with van der Waals surface area (Å²) in [6, 6.07) is -0.252. The van der Waals surface area contributed by atoms with Crippen LogP contribution in [0.4, 0.5) is 4.79 Å². The molecule has 0 saturated heterocycles. The SMILES string of the molecule is CCC(CNC(=O)NCC1CCCC(C)C1)C(=O)O. The number of amides is 2. The topological polar surface area (TPSA) is 78.4 Å². The van der Waals surface area contributed by atoms with Crippen molar-refractivity contribution in [3.63, 3.8) is 0 Å². The summed E-state index contributed by atoms with van der Waals surface area (Å²) in [4.78, 5) is 22.4. The van der Waals surface area contributed by atoms with E-state index in [4.69, 9.17) is 5.11 Å². The van der Waals surface area contributed by atoms with Gasteiger partial charge in [-0.05, 0) is 31.1 Å². The van der Waals surface area contributed by atoms with Crippen molar-refractivity contribution in [3.05, 3.63) is 0 Å². The van der Waals surface area contributed by atoms with Gasteiger partial charge in [0.05, 0.1) is 5.92 Å². The average Bonchev–Trinajstić information content (AvgIpc) is 2.37. The van der Waals surface area contributed by atoms with Gasteiger partial charge in [-0.3, -0.25) is 4.79 Å². The van der Waals surface area contributed by atoms with Crippen molar-refractivity contribution in [3.8, 4) is 0 Å². The predicted octanol–water partition coefficient (Wildman–Crippen LogP) is 2.22. The van der Waals surface area contributed by atoms with Gasteiger partial charge in [0.1, 0.15) is 0 Å². The van der Waals surface area contributed by atoms with Gasteiger partial charge in [0.15, 0.2) is 0 Å². The van der Waals surface area contributed by atoms with Crippen molar-refractivity contribution in [1.82, 2.24) is 10.6 Å². The summed E-state index contributed by atoms with van der Waals surface area (Å²) in [6.45, 7) is 4.95. The zero-order valence-electron chi connectivity index (χ0n) is 11.9. The minimum Gasteiger partial charge on any atom is -0.481 e. The number of carboxylic acid groups (broad SMARTS) is 1. The van der Waals surface area contributed by atoms with Crippen molar-refractivity contribution in [2.75, 3.05) is 13.1 Å². The molecule has 3 unspecified atom stereocenters. The van der Waals surface area contributed by atoms with E-state index in [1.54, 1.807) is 0 Å². The van der Waals surface area contributed by atoms with Crippen LogP contribution in [-0.4, -0.2) is 30.2 Å². The van der Waals surface area contributed by atoms with Gasteiger partial charge >= 0.3 is 12.0 Å². The van der Waals surface area contributed by atoms with Gasteiger partial charge in [-0.15, -0.1) is 0 Å². The standard InChI is InChI=1S/C14H26N2O3/c1-3-12(13(17)18)9-16-14(19)15-8-11-6-4-5-10(2)7-11/h10-12H,3-9H2,1-2H3,(H,17,18)(H2,15,16,19).